The Labute approximate surface area is 135 Å². The molecule has 0 bridgehead atoms. The van der Waals surface area contributed by atoms with Crippen LogP contribution in [0, 0.1) is 17.8 Å². The first kappa shape index (κ1) is 17.7. The van der Waals surface area contributed by atoms with Crippen LogP contribution in [0.5, 0.6) is 0 Å². The summed E-state index contributed by atoms with van der Waals surface area (Å²) in [6, 6.07) is -0.357. The summed E-state index contributed by atoms with van der Waals surface area (Å²) in [4.78, 5) is 12.2. The zero-order valence-corrected chi connectivity index (χ0v) is 14.2. The number of unbranched alkanes of at least 4 members (excludes halogenated alkanes) is 1. The molecule has 4 heteroatoms. The maximum atomic E-state index is 12.2. The van der Waals surface area contributed by atoms with E-state index >= 15 is 0 Å². The first-order valence-electron chi connectivity index (χ1n) is 9.31. The van der Waals surface area contributed by atoms with Crippen LogP contribution in [0.1, 0.15) is 64.7 Å². The predicted octanol–water partition coefficient (Wildman–Crippen LogP) is 2.85. The molecule has 0 spiro atoms. The lowest BCUT2D eigenvalue weighted by atomic mass is 9.80. The summed E-state index contributed by atoms with van der Waals surface area (Å²) in [5.74, 6) is 1.92. The van der Waals surface area contributed by atoms with Gasteiger partial charge in [-0.1, -0.05) is 39.0 Å². The van der Waals surface area contributed by atoms with Gasteiger partial charge in [0.05, 0.1) is 6.04 Å². The average Bonchev–Trinajstić information content (AvgIpc) is 2.58. The SMILES string of the molecule is CCCCC1CCC(CNC(=O)C(N)C2CCOCC2)CC1. The van der Waals surface area contributed by atoms with Gasteiger partial charge in [0.15, 0.2) is 0 Å². The van der Waals surface area contributed by atoms with Crippen LogP contribution in [-0.2, 0) is 9.53 Å². The van der Waals surface area contributed by atoms with Gasteiger partial charge in [-0.05, 0) is 43.4 Å². The molecule has 2 fully saturated rings. The van der Waals surface area contributed by atoms with Crippen molar-refractivity contribution in [3.05, 3.63) is 0 Å². The van der Waals surface area contributed by atoms with Crippen molar-refractivity contribution in [3.8, 4) is 0 Å². The van der Waals surface area contributed by atoms with E-state index in [1.165, 1.54) is 44.9 Å². The highest BCUT2D eigenvalue weighted by atomic mass is 16.5. The molecule has 128 valence electrons. The van der Waals surface area contributed by atoms with Crippen LogP contribution in [-0.4, -0.2) is 31.7 Å². The van der Waals surface area contributed by atoms with Gasteiger partial charge in [0.2, 0.25) is 5.91 Å². The molecule has 1 unspecified atom stereocenters. The molecule has 0 aromatic heterocycles. The molecule has 1 amide bonds. The van der Waals surface area contributed by atoms with E-state index in [4.69, 9.17) is 10.5 Å². The standard InChI is InChI=1S/C18H34N2O2/c1-2-3-4-14-5-7-15(8-6-14)13-20-18(21)17(19)16-9-11-22-12-10-16/h14-17H,2-13,19H2,1H3,(H,20,21). The number of hydrogen-bond acceptors (Lipinski definition) is 3. The van der Waals surface area contributed by atoms with Gasteiger partial charge in [-0.25, -0.2) is 0 Å². The summed E-state index contributed by atoms with van der Waals surface area (Å²) in [6.45, 7) is 4.57. The number of ether oxygens (including phenoxy) is 1. The third-order valence-electron chi connectivity index (χ3n) is 5.57. The normalized spacial score (nSPS) is 28.3. The molecule has 0 radical (unpaired) electrons. The molecule has 1 aliphatic heterocycles. The van der Waals surface area contributed by atoms with E-state index in [2.05, 4.69) is 12.2 Å². The van der Waals surface area contributed by atoms with Gasteiger partial charge in [0.1, 0.15) is 0 Å². The molecular weight excluding hydrogens is 276 g/mol. The molecule has 1 aliphatic carbocycles. The predicted molar refractivity (Wildman–Crippen MR) is 89.5 cm³/mol. The van der Waals surface area contributed by atoms with Crippen molar-refractivity contribution >= 4 is 5.91 Å². The van der Waals surface area contributed by atoms with Crippen LogP contribution >= 0.6 is 0 Å². The summed E-state index contributed by atoms with van der Waals surface area (Å²) in [5, 5.41) is 3.10. The van der Waals surface area contributed by atoms with Gasteiger partial charge >= 0.3 is 0 Å². The molecule has 1 heterocycles. The molecule has 3 N–H and O–H groups in total. The Kier molecular flexibility index (Phi) is 7.67. The maximum Gasteiger partial charge on any atom is 0.237 e. The lowest BCUT2D eigenvalue weighted by molar-refractivity contribution is -0.124. The van der Waals surface area contributed by atoms with Crippen LogP contribution in [0.25, 0.3) is 0 Å². The number of carbonyl (C=O) groups is 1. The van der Waals surface area contributed by atoms with Gasteiger partial charge in [-0.3, -0.25) is 4.79 Å². The van der Waals surface area contributed by atoms with Crippen LogP contribution < -0.4 is 11.1 Å². The number of hydrogen-bond donors (Lipinski definition) is 2. The van der Waals surface area contributed by atoms with Crippen molar-refractivity contribution in [1.82, 2.24) is 5.32 Å². The Hall–Kier alpha value is -0.610. The Morgan fingerprint density at radius 1 is 1.14 bits per heavy atom. The molecule has 1 saturated heterocycles. The third kappa shape index (κ3) is 5.54. The second kappa shape index (κ2) is 9.51. The number of nitrogens with one attached hydrogen (secondary N) is 1. The lowest BCUT2D eigenvalue weighted by Crippen LogP contribution is -2.48. The van der Waals surface area contributed by atoms with E-state index in [-0.39, 0.29) is 11.9 Å². The topological polar surface area (TPSA) is 64.4 Å². The van der Waals surface area contributed by atoms with Crippen molar-refractivity contribution in [2.24, 2.45) is 23.5 Å². The lowest BCUT2D eigenvalue weighted by Gasteiger charge is -2.30. The van der Waals surface area contributed by atoms with Crippen molar-refractivity contribution < 1.29 is 9.53 Å². The van der Waals surface area contributed by atoms with Crippen LogP contribution in [0.3, 0.4) is 0 Å². The zero-order chi connectivity index (χ0) is 15.8. The average molecular weight is 310 g/mol. The van der Waals surface area contributed by atoms with Crippen LogP contribution in [0.15, 0.2) is 0 Å². The summed E-state index contributed by atoms with van der Waals surface area (Å²) >= 11 is 0. The van der Waals surface area contributed by atoms with E-state index in [1.54, 1.807) is 0 Å². The molecule has 0 aromatic rings. The number of rotatable bonds is 7. The quantitative estimate of drug-likeness (QED) is 0.760. The van der Waals surface area contributed by atoms with Crippen molar-refractivity contribution in [2.45, 2.75) is 70.8 Å². The molecular formula is C18H34N2O2. The minimum Gasteiger partial charge on any atom is -0.381 e. The fourth-order valence-electron chi connectivity index (χ4n) is 3.87. The minimum absolute atomic E-state index is 0.0417. The molecule has 1 saturated carbocycles. The second-order valence-electron chi connectivity index (χ2n) is 7.25. The van der Waals surface area contributed by atoms with E-state index in [9.17, 15) is 4.79 Å². The highest BCUT2D eigenvalue weighted by Gasteiger charge is 2.27. The van der Waals surface area contributed by atoms with Crippen LogP contribution in [0.4, 0.5) is 0 Å². The maximum absolute atomic E-state index is 12.2. The van der Waals surface area contributed by atoms with Gasteiger partial charge in [-0.15, -0.1) is 0 Å². The highest BCUT2D eigenvalue weighted by Crippen LogP contribution is 2.31. The van der Waals surface area contributed by atoms with Crippen LogP contribution in [0.2, 0.25) is 0 Å². The first-order valence-corrected chi connectivity index (χ1v) is 9.31. The second-order valence-corrected chi connectivity index (χ2v) is 7.25. The Bertz CT molecular complexity index is 321. The fraction of sp³-hybridized carbons (Fsp3) is 0.944. The summed E-state index contributed by atoms with van der Waals surface area (Å²) in [6.07, 6.45) is 11.1. The molecule has 2 aliphatic rings. The van der Waals surface area contributed by atoms with Gasteiger partial charge in [0, 0.05) is 19.8 Å². The monoisotopic (exact) mass is 310 g/mol. The van der Waals surface area contributed by atoms with Gasteiger partial charge < -0.3 is 15.8 Å². The molecule has 22 heavy (non-hydrogen) atoms. The Morgan fingerprint density at radius 3 is 2.41 bits per heavy atom. The Balaban J connectivity index is 1.62. The van der Waals surface area contributed by atoms with Gasteiger partial charge in [0.25, 0.3) is 0 Å². The Morgan fingerprint density at radius 2 is 1.77 bits per heavy atom. The summed E-state index contributed by atoms with van der Waals surface area (Å²) < 4.78 is 5.34. The van der Waals surface area contributed by atoms with Gasteiger partial charge in [-0.2, -0.15) is 0 Å². The van der Waals surface area contributed by atoms with E-state index in [0.717, 1.165) is 38.5 Å². The third-order valence-corrected chi connectivity index (χ3v) is 5.57. The largest absolute Gasteiger partial charge is 0.381 e. The van der Waals surface area contributed by atoms with E-state index in [0.29, 0.717) is 11.8 Å². The van der Waals surface area contributed by atoms with E-state index in [1.807, 2.05) is 0 Å². The fourth-order valence-corrected chi connectivity index (χ4v) is 3.87. The zero-order valence-electron chi connectivity index (χ0n) is 14.2. The number of amides is 1. The molecule has 2 rings (SSSR count). The van der Waals surface area contributed by atoms with Crippen molar-refractivity contribution in [2.75, 3.05) is 19.8 Å². The minimum atomic E-state index is -0.357. The molecule has 0 aromatic carbocycles. The summed E-state index contributed by atoms with van der Waals surface area (Å²) in [7, 11) is 0. The smallest absolute Gasteiger partial charge is 0.237 e. The summed E-state index contributed by atoms with van der Waals surface area (Å²) in [5.41, 5.74) is 6.12. The van der Waals surface area contributed by atoms with E-state index < -0.39 is 0 Å². The first-order chi connectivity index (χ1) is 10.7. The number of nitrogens with two attached hydrogens (primary N) is 1. The molecule has 1 atom stereocenters. The highest BCUT2D eigenvalue weighted by molar-refractivity contribution is 5.81. The molecule has 4 nitrogen and oxygen atoms in total. The van der Waals surface area contributed by atoms with Crippen molar-refractivity contribution in [1.29, 1.82) is 0 Å². The van der Waals surface area contributed by atoms with Crippen molar-refractivity contribution in [3.63, 3.8) is 0 Å². The number of carbonyl (C=O) groups excluding carboxylic acids is 1.